The van der Waals surface area contributed by atoms with E-state index in [0.29, 0.717) is 37.2 Å². The summed E-state index contributed by atoms with van der Waals surface area (Å²) in [6.45, 7) is 2.94. The summed E-state index contributed by atoms with van der Waals surface area (Å²) in [4.78, 5) is 40.6. The number of piperidine rings is 1. The maximum absolute atomic E-state index is 12.9. The number of rotatable bonds is 7. The normalized spacial score (nSPS) is 17.1. The summed E-state index contributed by atoms with van der Waals surface area (Å²) < 4.78 is 5.37. The topological polar surface area (TPSA) is 125 Å². The van der Waals surface area contributed by atoms with Crippen LogP contribution in [0.4, 0.5) is 21.9 Å². The minimum atomic E-state index is -0.921. The van der Waals surface area contributed by atoms with Crippen molar-refractivity contribution in [3.63, 3.8) is 0 Å². The second-order valence-electron chi connectivity index (χ2n) is 9.85. The fraction of sp³-hybridized carbons (Fsp3) is 0.310. The number of carbonyl (C=O) groups is 2. The van der Waals surface area contributed by atoms with Crippen LogP contribution in [-0.2, 0) is 11.3 Å². The molecule has 202 valence electrons. The lowest BCUT2D eigenvalue weighted by molar-refractivity contribution is -0.384. The molecule has 0 unspecified atom stereocenters. The molecule has 3 aromatic carbocycles. The Bertz CT molecular complexity index is 1370. The zero-order valence-electron chi connectivity index (χ0n) is 21.5. The molecule has 2 heterocycles. The van der Waals surface area contributed by atoms with Gasteiger partial charge < -0.3 is 20.1 Å². The molecule has 3 aromatic rings. The van der Waals surface area contributed by atoms with Crippen molar-refractivity contribution < 1.29 is 24.4 Å². The first-order valence-corrected chi connectivity index (χ1v) is 12.9. The monoisotopic (exact) mass is 530 g/mol. The smallest absolute Gasteiger partial charge is 0.414 e. The highest BCUT2D eigenvalue weighted by Crippen LogP contribution is 2.35. The minimum absolute atomic E-state index is 0.0863. The van der Waals surface area contributed by atoms with Gasteiger partial charge in [0.2, 0.25) is 0 Å². The summed E-state index contributed by atoms with van der Waals surface area (Å²) in [6.07, 6.45) is -0.0786. The average Bonchev–Trinajstić information content (AvgIpc) is 2.97. The molecule has 0 spiro atoms. The van der Waals surface area contributed by atoms with Crippen LogP contribution in [0.2, 0.25) is 0 Å². The number of aliphatic hydroxyl groups excluding tert-OH is 1. The zero-order valence-corrected chi connectivity index (χ0v) is 21.5. The Hall–Kier alpha value is -4.44. The van der Waals surface area contributed by atoms with Crippen molar-refractivity contribution >= 4 is 29.1 Å². The van der Waals surface area contributed by atoms with Crippen molar-refractivity contribution in [3.8, 4) is 0 Å². The molecule has 1 fully saturated rings. The van der Waals surface area contributed by atoms with Crippen molar-refractivity contribution in [2.24, 2.45) is 0 Å². The summed E-state index contributed by atoms with van der Waals surface area (Å²) in [5.41, 5.74) is 2.86. The molecule has 2 amide bonds. The average molecular weight is 531 g/mol. The number of nitro groups is 1. The molecular formula is C29H30N4O6. The van der Waals surface area contributed by atoms with E-state index in [4.69, 9.17) is 4.74 Å². The Labute approximate surface area is 226 Å². The maximum atomic E-state index is 12.9. The van der Waals surface area contributed by atoms with E-state index in [-0.39, 0.29) is 30.0 Å². The summed E-state index contributed by atoms with van der Waals surface area (Å²) in [5, 5.41) is 25.3. The number of carbonyl (C=O) groups excluding carboxylic acids is 2. The van der Waals surface area contributed by atoms with Gasteiger partial charge in [-0.3, -0.25) is 19.8 Å². The summed E-state index contributed by atoms with van der Waals surface area (Å²) in [5.74, 6) is -0.506. The molecule has 1 saturated heterocycles. The highest BCUT2D eigenvalue weighted by Gasteiger charge is 2.35. The molecule has 5 rings (SSSR count). The van der Waals surface area contributed by atoms with Crippen molar-refractivity contribution in [1.29, 1.82) is 0 Å². The quantitative estimate of drug-likeness (QED) is 0.339. The van der Waals surface area contributed by atoms with Crippen molar-refractivity contribution in [2.75, 3.05) is 22.9 Å². The SMILES string of the molecule is C[C@@H](NC(=O)c1ccc(N2CCC(N3C(=O)OCc4ccccc43)CC2)c([N+](=O)[O-])c1)[C@H](O)c1ccccc1. The highest BCUT2D eigenvalue weighted by molar-refractivity contribution is 5.96. The van der Waals surface area contributed by atoms with Gasteiger partial charge in [-0.15, -0.1) is 0 Å². The molecule has 10 nitrogen and oxygen atoms in total. The van der Waals surface area contributed by atoms with Gasteiger partial charge in [-0.05, 0) is 43.5 Å². The van der Waals surface area contributed by atoms with Crippen LogP contribution >= 0.6 is 0 Å². The number of anilines is 2. The zero-order chi connectivity index (χ0) is 27.5. The molecule has 2 aliphatic heterocycles. The molecule has 10 heteroatoms. The van der Waals surface area contributed by atoms with Crippen molar-refractivity contribution in [1.82, 2.24) is 5.32 Å². The Morgan fingerprint density at radius 3 is 2.46 bits per heavy atom. The van der Waals surface area contributed by atoms with Gasteiger partial charge in [0.1, 0.15) is 12.3 Å². The van der Waals surface area contributed by atoms with Gasteiger partial charge in [-0.2, -0.15) is 0 Å². The molecule has 2 atom stereocenters. The molecule has 2 aliphatic rings. The van der Waals surface area contributed by atoms with Gasteiger partial charge in [-0.1, -0.05) is 48.5 Å². The van der Waals surface area contributed by atoms with E-state index in [1.165, 1.54) is 6.07 Å². The number of nitrogens with one attached hydrogen (secondary N) is 1. The number of nitrogens with zero attached hydrogens (tertiary/aromatic N) is 3. The Morgan fingerprint density at radius 2 is 1.74 bits per heavy atom. The third-order valence-corrected chi connectivity index (χ3v) is 7.38. The molecule has 39 heavy (non-hydrogen) atoms. The first-order chi connectivity index (χ1) is 18.8. The fourth-order valence-electron chi connectivity index (χ4n) is 5.27. The van der Waals surface area contributed by atoms with Gasteiger partial charge in [-0.25, -0.2) is 4.79 Å². The molecule has 0 saturated carbocycles. The number of aliphatic hydroxyl groups is 1. The van der Waals surface area contributed by atoms with E-state index in [9.17, 15) is 24.8 Å². The van der Waals surface area contributed by atoms with E-state index in [0.717, 1.165) is 11.3 Å². The molecule has 0 radical (unpaired) electrons. The first kappa shape index (κ1) is 26.2. The standard InChI is InChI=1S/C29H30N4O6/c1-19(27(34)20-7-3-2-4-8-20)30-28(35)21-11-12-25(26(17-21)33(37)38)31-15-13-23(14-16-31)32-24-10-6-5-9-22(24)18-39-29(32)36/h2-12,17,19,23,27,34H,13-16,18H2,1H3,(H,30,35)/t19-,27+/m1/s1. The van der Waals surface area contributed by atoms with Gasteiger partial charge in [0.05, 0.1) is 22.8 Å². The Balaban J connectivity index is 1.28. The van der Waals surface area contributed by atoms with Crippen LogP contribution in [0, 0.1) is 10.1 Å². The third kappa shape index (κ3) is 5.42. The van der Waals surface area contributed by atoms with Crippen LogP contribution in [0.1, 0.15) is 47.4 Å². The van der Waals surface area contributed by atoms with Crippen LogP contribution in [0.25, 0.3) is 0 Å². The predicted molar refractivity (Wildman–Crippen MR) is 146 cm³/mol. The largest absolute Gasteiger partial charge is 0.444 e. The minimum Gasteiger partial charge on any atom is -0.444 e. The Kier molecular flexibility index (Phi) is 7.47. The molecule has 0 aromatic heterocycles. The van der Waals surface area contributed by atoms with E-state index in [2.05, 4.69) is 5.32 Å². The van der Waals surface area contributed by atoms with E-state index >= 15 is 0 Å². The number of amides is 2. The van der Waals surface area contributed by atoms with Crippen LogP contribution in [-0.4, -0.2) is 47.2 Å². The van der Waals surface area contributed by atoms with Gasteiger partial charge in [0.25, 0.3) is 11.6 Å². The number of fused-ring (bicyclic) bond motifs is 1. The number of cyclic esters (lactones) is 1. The lowest BCUT2D eigenvalue weighted by Gasteiger charge is -2.40. The van der Waals surface area contributed by atoms with Crippen LogP contribution in [0.15, 0.2) is 72.8 Å². The number of ether oxygens (including phenoxy) is 1. The summed E-state index contributed by atoms with van der Waals surface area (Å²) in [6, 6.07) is 20.4. The number of para-hydroxylation sites is 1. The van der Waals surface area contributed by atoms with E-state index < -0.39 is 23.0 Å². The number of nitro benzene ring substituents is 1. The first-order valence-electron chi connectivity index (χ1n) is 12.9. The van der Waals surface area contributed by atoms with Crippen LogP contribution < -0.4 is 15.1 Å². The lowest BCUT2D eigenvalue weighted by Crippen LogP contribution is -2.49. The van der Waals surface area contributed by atoms with E-state index in [1.54, 1.807) is 48.2 Å². The fourth-order valence-corrected chi connectivity index (χ4v) is 5.27. The van der Waals surface area contributed by atoms with Gasteiger partial charge >= 0.3 is 6.09 Å². The second-order valence-corrected chi connectivity index (χ2v) is 9.85. The van der Waals surface area contributed by atoms with E-state index in [1.807, 2.05) is 35.2 Å². The molecular weight excluding hydrogens is 500 g/mol. The summed E-state index contributed by atoms with van der Waals surface area (Å²) in [7, 11) is 0. The highest BCUT2D eigenvalue weighted by atomic mass is 16.6. The lowest BCUT2D eigenvalue weighted by atomic mass is 9.99. The molecule has 0 aliphatic carbocycles. The summed E-state index contributed by atoms with van der Waals surface area (Å²) >= 11 is 0. The van der Waals surface area contributed by atoms with Crippen molar-refractivity contribution in [3.05, 3.63) is 99.6 Å². The maximum Gasteiger partial charge on any atom is 0.414 e. The van der Waals surface area contributed by atoms with Gasteiger partial charge in [0.15, 0.2) is 0 Å². The second kappa shape index (κ2) is 11.1. The number of benzene rings is 3. The third-order valence-electron chi connectivity index (χ3n) is 7.38. The Morgan fingerprint density at radius 1 is 1.05 bits per heavy atom. The van der Waals surface area contributed by atoms with Crippen LogP contribution in [0.5, 0.6) is 0 Å². The number of hydrogen-bond donors (Lipinski definition) is 2. The molecule has 2 N–H and O–H groups in total. The van der Waals surface area contributed by atoms with Gasteiger partial charge in [0, 0.05) is 36.3 Å². The van der Waals surface area contributed by atoms with Crippen molar-refractivity contribution in [2.45, 2.75) is 44.6 Å². The van der Waals surface area contributed by atoms with Crippen LogP contribution in [0.3, 0.4) is 0 Å². The molecule has 0 bridgehead atoms. The number of hydrogen-bond acceptors (Lipinski definition) is 7. The predicted octanol–water partition coefficient (Wildman–Crippen LogP) is 4.57.